The van der Waals surface area contributed by atoms with Crippen LogP contribution in [-0.4, -0.2) is 25.4 Å². The summed E-state index contributed by atoms with van der Waals surface area (Å²) in [4.78, 5) is 15.5. The summed E-state index contributed by atoms with van der Waals surface area (Å²) in [6.07, 6.45) is 7.44. The van der Waals surface area contributed by atoms with Crippen LogP contribution in [0.2, 0.25) is 0 Å². The van der Waals surface area contributed by atoms with Gasteiger partial charge in [0.05, 0.1) is 7.11 Å². The van der Waals surface area contributed by atoms with Crippen LogP contribution < -0.4 is 14.2 Å². The van der Waals surface area contributed by atoms with Gasteiger partial charge >= 0.3 is 0 Å². The maximum atomic E-state index is 11.2. The lowest BCUT2D eigenvalue weighted by Gasteiger charge is -2.28. The highest BCUT2D eigenvalue weighted by Crippen LogP contribution is 2.57. The van der Waals surface area contributed by atoms with Gasteiger partial charge in [0.15, 0.2) is 11.5 Å². The van der Waals surface area contributed by atoms with E-state index >= 15 is 0 Å². The van der Waals surface area contributed by atoms with Crippen LogP contribution in [0.3, 0.4) is 0 Å². The predicted molar refractivity (Wildman–Crippen MR) is 88.8 cm³/mol. The van der Waals surface area contributed by atoms with Crippen LogP contribution in [0.1, 0.15) is 56.2 Å². The van der Waals surface area contributed by atoms with E-state index in [9.17, 15) is 4.79 Å². The molecule has 1 saturated carbocycles. The molecule has 0 N–H and O–H groups in total. The van der Waals surface area contributed by atoms with Crippen molar-refractivity contribution in [3.8, 4) is 17.2 Å². The monoisotopic (exact) mass is 329 g/mol. The van der Waals surface area contributed by atoms with E-state index in [1.807, 2.05) is 6.08 Å². The molecule has 1 aromatic rings. The van der Waals surface area contributed by atoms with Gasteiger partial charge in [-0.1, -0.05) is 12.8 Å². The maximum absolute atomic E-state index is 11.2. The third-order valence-electron chi connectivity index (χ3n) is 5.54. The number of rotatable bonds is 3. The summed E-state index contributed by atoms with van der Waals surface area (Å²) in [7, 11) is 1.68. The van der Waals surface area contributed by atoms with E-state index in [2.05, 4.69) is 18.8 Å². The number of aliphatic imine (C=N–C) groups is 1. The molecule has 5 heteroatoms. The molecule has 5 nitrogen and oxygen atoms in total. The van der Waals surface area contributed by atoms with Crippen molar-refractivity contribution >= 4 is 6.08 Å². The summed E-state index contributed by atoms with van der Waals surface area (Å²) in [6, 6.07) is 0. The predicted octanol–water partition coefficient (Wildman–Crippen LogP) is 3.45. The van der Waals surface area contributed by atoms with Gasteiger partial charge in [0.2, 0.25) is 6.08 Å². The number of hydrogen-bond acceptors (Lipinski definition) is 5. The molecule has 0 bridgehead atoms. The first kappa shape index (κ1) is 15.5. The van der Waals surface area contributed by atoms with Crippen LogP contribution in [0, 0.1) is 0 Å². The van der Waals surface area contributed by atoms with Crippen LogP contribution in [-0.2, 0) is 23.2 Å². The zero-order chi connectivity index (χ0) is 16.9. The van der Waals surface area contributed by atoms with Gasteiger partial charge in [-0.25, -0.2) is 4.79 Å². The molecule has 128 valence electrons. The summed E-state index contributed by atoms with van der Waals surface area (Å²) < 4.78 is 18.0. The van der Waals surface area contributed by atoms with Crippen molar-refractivity contribution < 1.29 is 19.0 Å². The molecule has 24 heavy (non-hydrogen) atoms. The Labute approximate surface area is 142 Å². The molecule has 0 spiro atoms. The number of methoxy groups -OCH3 is 1. The van der Waals surface area contributed by atoms with E-state index in [1.54, 1.807) is 7.11 Å². The van der Waals surface area contributed by atoms with Crippen LogP contribution in [0.5, 0.6) is 17.2 Å². The first-order valence-electron chi connectivity index (χ1n) is 8.78. The van der Waals surface area contributed by atoms with Crippen LogP contribution in [0.4, 0.5) is 0 Å². The van der Waals surface area contributed by atoms with Crippen molar-refractivity contribution in [2.75, 3.05) is 7.11 Å². The zero-order valence-corrected chi connectivity index (χ0v) is 14.5. The van der Waals surface area contributed by atoms with Gasteiger partial charge in [-0.05, 0) is 26.7 Å². The Bertz CT molecular complexity index is 690. The Kier molecular flexibility index (Phi) is 3.57. The van der Waals surface area contributed by atoms with E-state index in [0.717, 1.165) is 72.5 Å². The van der Waals surface area contributed by atoms with Crippen molar-refractivity contribution in [1.82, 2.24) is 0 Å². The number of fused-ring (bicyclic) bond motifs is 2. The van der Waals surface area contributed by atoms with Crippen molar-refractivity contribution in [2.45, 2.75) is 70.1 Å². The molecule has 0 aromatic heterocycles. The normalized spacial score (nSPS) is 26.1. The molecule has 4 rings (SSSR count). The molecule has 2 heterocycles. The largest absolute Gasteiger partial charge is 0.492 e. The minimum absolute atomic E-state index is 0.0891. The van der Waals surface area contributed by atoms with E-state index < -0.39 is 5.54 Å². The van der Waals surface area contributed by atoms with Crippen LogP contribution in [0.25, 0.3) is 0 Å². The Morgan fingerprint density at radius 3 is 2.33 bits per heavy atom. The van der Waals surface area contributed by atoms with Crippen molar-refractivity contribution in [3.05, 3.63) is 16.7 Å². The number of hydrogen-bond donors (Lipinski definition) is 0. The van der Waals surface area contributed by atoms with E-state index in [0.29, 0.717) is 0 Å². The highest BCUT2D eigenvalue weighted by molar-refractivity contribution is 5.68. The zero-order valence-electron chi connectivity index (χ0n) is 14.5. The standard InChI is InChI=1S/C19H23NO4/c1-11-8-13-15(19(20-10-21)6-4-5-7-19)16-14(9-12(2)23-16)17(22-3)18(13)24-11/h11-12H,4-9H2,1-3H3. The first-order chi connectivity index (χ1) is 11.6. The fourth-order valence-corrected chi connectivity index (χ4v) is 4.65. The minimum Gasteiger partial charge on any atom is -0.492 e. The fourth-order valence-electron chi connectivity index (χ4n) is 4.65. The molecule has 0 amide bonds. The van der Waals surface area contributed by atoms with Gasteiger partial charge in [-0.2, -0.15) is 4.99 Å². The molecule has 1 fully saturated rings. The summed E-state index contributed by atoms with van der Waals surface area (Å²) in [5.74, 6) is 2.49. The van der Waals surface area contributed by atoms with Crippen molar-refractivity contribution in [1.29, 1.82) is 0 Å². The lowest BCUT2D eigenvalue weighted by molar-refractivity contribution is 0.242. The average Bonchev–Trinajstić information content (AvgIpc) is 3.23. The quantitative estimate of drug-likeness (QED) is 0.629. The molecule has 2 atom stereocenters. The second kappa shape index (κ2) is 5.52. The Balaban J connectivity index is 2.02. The van der Waals surface area contributed by atoms with Gasteiger partial charge in [-0.3, -0.25) is 0 Å². The van der Waals surface area contributed by atoms with Gasteiger partial charge in [0, 0.05) is 29.5 Å². The Hall–Kier alpha value is -2.00. The molecule has 1 aromatic carbocycles. The molecule has 0 saturated heterocycles. The molecule has 2 aliphatic heterocycles. The molecular weight excluding hydrogens is 306 g/mol. The third kappa shape index (κ3) is 2.07. The topological polar surface area (TPSA) is 57.1 Å². The van der Waals surface area contributed by atoms with Gasteiger partial charge in [-0.15, -0.1) is 0 Å². The average molecular weight is 329 g/mol. The van der Waals surface area contributed by atoms with E-state index in [-0.39, 0.29) is 12.2 Å². The van der Waals surface area contributed by atoms with Crippen molar-refractivity contribution in [2.24, 2.45) is 4.99 Å². The summed E-state index contributed by atoms with van der Waals surface area (Å²) in [5.41, 5.74) is 2.70. The number of benzene rings is 1. The smallest absolute Gasteiger partial charge is 0.235 e. The Morgan fingerprint density at radius 1 is 1.08 bits per heavy atom. The minimum atomic E-state index is -0.514. The Morgan fingerprint density at radius 2 is 1.71 bits per heavy atom. The molecule has 2 unspecified atom stereocenters. The molecule has 3 aliphatic rings. The summed E-state index contributed by atoms with van der Waals surface area (Å²) in [6.45, 7) is 4.12. The lowest BCUT2D eigenvalue weighted by Crippen LogP contribution is -2.22. The third-order valence-corrected chi connectivity index (χ3v) is 5.54. The van der Waals surface area contributed by atoms with Crippen LogP contribution in [0.15, 0.2) is 4.99 Å². The highest BCUT2D eigenvalue weighted by Gasteiger charge is 2.46. The highest BCUT2D eigenvalue weighted by atomic mass is 16.5. The maximum Gasteiger partial charge on any atom is 0.235 e. The lowest BCUT2D eigenvalue weighted by atomic mass is 9.82. The van der Waals surface area contributed by atoms with Gasteiger partial charge < -0.3 is 14.2 Å². The van der Waals surface area contributed by atoms with Gasteiger partial charge in [0.1, 0.15) is 23.5 Å². The fraction of sp³-hybridized carbons (Fsp3) is 0.632. The summed E-state index contributed by atoms with van der Waals surface area (Å²) >= 11 is 0. The summed E-state index contributed by atoms with van der Waals surface area (Å²) in [5, 5.41) is 0. The van der Waals surface area contributed by atoms with Crippen molar-refractivity contribution in [3.63, 3.8) is 0 Å². The van der Waals surface area contributed by atoms with E-state index in [1.165, 1.54) is 0 Å². The van der Waals surface area contributed by atoms with Crippen LogP contribution >= 0.6 is 0 Å². The second-order valence-electron chi connectivity index (χ2n) is 7.23. The van der Waals surface area contributed by atoms with Gasteiger partial charge in [0.25, 0.3) is 0 Å². The SMILES string of the molecule is COc1c2c(c(C3(N=C=O)CCCC3)c3c1OC(C)C3)OC(C)C2. The number of ether oxygens (including phenoxy) is 3. The first-order valence-corrected chi connectivity index (χ1v) is 8.78. The molecule has 1 aliphatic carbocycles. The number of isocyanates is 1. The molecule has 0 radical (unpaired) electrons. The molecular formula is C19H23NO4. The second-order valence-corrected chi connectivity index (χ2v) is 7.23. The van der Waals surface area contributed by atoms with E-state index in [4.69, 9.17) is 14.2 Å². The number of carbonyl (C=O) groups excluding carboxylic acids is 1. The number of nitrogens with zero attached hydrogens (tertiary/aromatic N) is 1.